The molecule has 0 fully saturated rings. The Labute approximate surface area is 94.0 Å². The van der Waals surface area contributed by atoms with Gasteiger partial charge in [-0.25, -0.2) is 0 Å². The summed E-state index contributed by atoms with van der Waals surface area (Å²) in [7, 11) is 1.90. The van der Waals surface area contributed by atoms with Crippen LogP contribution in [0.2, 0.25) is 0 Å². The van der Waals surface area contributed by atoms with Crippen molar-refractivity contribution in [3.63, 3.8) is 0 Å². The molecule has 0 aromatic carbocycles. The van der Waals surface area contributed by atoms with Crippen molar-refractivity contribution < 1.29 is 4.79 Å². The van der Waals surface area contributed by atoms with Crippen LogP contribution >= 0.6 is 0 Å². The van der Waals surface area contributed by atoms with Crippen molar-refractivity contribution >= 4 is 5.91 Å². The number of rotatable bonds is 6. The molecular formula is C12H26N2O. The molecule has 3 nitrogen and oxygen atoms in total. The molecule has 0 aromatic rings. The van der Waals surface area contributed by atoms with Gasteiger partial charge >= 0.3 is 0 Å². The highest BCUT2D eigenvalue weighted by molar-refractivity contribution is 5.75. The Morgan fingerprint density at radius 1 is 1.33 bits per heavy atom. The standard InChI is InChI=1S/C12H26N2O/c1-10(13-5)9-14-11(15)7-6-8-12(2,3)4/h10,13H,6-9H2,1-5H3,(H,14,15). The molecule has 1 amide bonds. The number of carbonyl (C=O) groups excluding carboxylic acids is 1. The van der Waals surface area contributed by atoms with Gasteiger partial charge in [0.25, 0.3) is 0 Å². The summed E-state index contributed by atoms with van der Waals surface area (Å²) in [5, 5.41) is 6.00. The zero-order valence-corrected chi connectivity index (χ0v) is 10.8. The van der Waals surface area contributed by atoms with Crippen molar-refractivity contribution in [1.29, 1.82) is 0 Å². The molecule has 0 bridgehead atoms. The van der Waals surface area contributed by atoms with E-state index >= 15 is 0 Å². The number of carbonyl (C=O) groups is 1. The Balaban J connectivity index is 3.50. The van der Waals surface area contributed by atoms with E-state index in [0.717, 1.165) is 12.8 Å². The van der Waals surface area contributed by atoms with E-state index in [1.165, 1.54) is 0 Å². The van der Waals surface area contributed by atoms with Crippen LogP contribution in [-0.2, 0) is 4.79 Å². The maximum atomic E-state index is 11.4. The number of hydrogen-bond donors (Lipinski definition) is 2. The fraction of sp³-hybridized carbons (Fsp3) is 0.917. The Kier molecular flexibility index (Phi) is 6.57. The summed E-state index contributed by atoms with van der Waals surface area (Å²) in [5.41, 5.74) is 0.332. The zero-order valence-electron chi connectivity index (χ0n) is 10.8. The molecule has 0 aliphatic carbocycles. The lowest BCUT2D eigenvalue weighted by atomic mass is 9.90. The molecule has 0 saturated heterocycles. The van der Waals surface area contributed by atoms with Crippen molar-refractivity contribution in [2.45, 2.75) is 53.0 Å². The van der Waals surface area contributed by atoms with Crippen LogP contribution in [0.3, 0.4) is 0 Å². The Hall–Kier alpha value is -0.570. The second-order valence-electron chi connectivity index (χ2n) is 5.41. The highest BCUT2D eigenvalue weighted by Gasteiger charge is 2.11. The molecule has 0 rings (SSSR count). The van der Waals surface area contributed by atoms with E-state index in [9.17, 15) is 4.79 Å². The summed E-state index contributed by atoms with van der Waals surface area (Å²) < 4.78 is 0. The first kappa shape index (κ1) is 14.4. The predicted molar refractivity (Wildman–Crippen MR) is 64.8 cm³/mol. The van der Waals surface area contributed by atoms with Gasteiger partial charge in [0.15, 0.2) is 0 Å². The second kappa shape index (κ2) is 6.83. The highest BCUT2D eigenvalue weighted by atomic mass is 16.1. The molecule has 90 valence electrons. The van der Waals surface area contributed by atoms with E-state index in [-0.39, 0.29) is 5.91 Å². The molecule has 0 aliphatic rings. The minimum atomic E-state index is 0.168. The lowest BCUT2D eigenvalue weighted by Crippen LogP contribution is -2.37. The number of likely N-dealkylation sites (N-methyl/N-ethyl adjacent to an activating group) is 1. The fourth-order valence-corrected chi connectivity index (χ4v) is 1.24. The Bertz CT molecular complexity index is 185. The molecule has 0 radical (unpaired) electrons. The van der Waals surface area contributed by atoms with Gasteiger partial charge in [-0.3, -0.25) is 4.79 Å². The van der Waals surface area contributed by atoms with Crippen molar-refractivity contribution in [3.05, 3.63) is 0 Å². The fourth-order valence-electron chi connectivity index (χ4n) is 1.24. The second-order valence-corrected chi connectivity index (χ2v) is 5.41. The van der Waals surface area contributed by atoms with Crippen LogP contribution in [0.15, 0.2) is 0 Å². The minimum Gasteiger partial charge on any atom is -0.355 e. The number of hydrogen-bond acceptors (Lipinski definition) is 2. The molecule has 0 aliphatic heterocycles. The van der Waals surface area contributed by atoms with Crippen LogP contribution in [0.5, 0.6) is 0 Å². The maximum absolute atomic E-state index is 11.4. The SMILES string of the molecule is CNC(C)CNC(=O)CCCC(C)(C)C. The van der Waals surface area contributed by atoms with Gasteiger partial charge in [-0.15, -0.1) is 0 Å². The van der Waals surface area contributed by atoms with E-state index in [0.29, 0.717) is 24.4 Å². The summed E-state index contributed by atoms with van der Waals surface area (Å²) in [4.78, 5) is 11.4. The summed E-state index contributed by atoms with van der Waals surface area (Å²) in [5.74, 6) is 0.168. The molecule has 2 N–H and O–H groups in total. The van der Waals surface area contributed by atoms with Gasteiger partial charge in [0.2, 0.25) is 5.91 Å². The molecular weight excluding hydrogens is 188 g/mol. The molecule has 1 atom stereocenters. The van der Waals surface area contributed by atoms with Gasteiger partial charge in [-0.2, -0.15) is 0 Å². The number of amides is 1. The third kappa shape index (κ3) is 9.73. The van der Waals surface area contributed by atoms with Crippen LogP contribution in [-0.4, -0.2) is 25.5 Å². The van der Waals surface area contributed by atoms with Gasteiger partial charge in [0, 0.05) is 19.0 Å². The third-order valence-electron chi connectivity index (χ3n) is 2.43. The van der Waals surface area contributed by atoms with Gasteiger partial charge in [-0.1, -0.05) is 20.8 Å². The van der Waals surface area contributed by atoms with E-state index in [1.807, 2.05) is 7.05 Å². The van der Waals surface area contributed by atoms with Gasteiger partial charge in [0.1, 0.15) is 0 Å². The van der Waals surface area contributed by atoms with Crippen molar-refractivity contribution in [2.75, 3.05) is 13.6 Å². The molecule has 0 aromatic heterocycles. The summed E-state index contributed by atoms with van der Waals surface area (Å²) in [6.07, 6.45) is 2.72. The predicted octanol–water partition coefficient (Wildman–Crippen LogP) is 1.93. The zero-order chi connectivity index (χ0) is 11.9. The largest absolute Gasteiger partial charge is 0.355 e. The topological polar surface area (TPSA) is 41.1 Å². The summed E-state index contributed by atoms with van der Waals surface area (Å²) in [6, 6.07) is 0.344. The van der Waals surface area contributed by atoms with Crippen LogP contribution < -0.4 is 10.6 Å². The average molecular weight is 214 g/mol. The van der Waals surface area contributed by atoms with Gasteiger partial charge in [0.05, 0.1) is 0 Å². The monoisotopic (exact) mass is 214 g/mol. The molecule has 0 spiro atoms. The van der Waals surface area contributed by atoms with Crippen LogP contribution in [0.4, 0.5) is 0 Å². The Morgan fingerprint density at radius 3 is 2.40 bits per heavy atom. The van der Waals surface area contributed by atoms with Gasteiger partial charge < -0.3 is 10.6 Å². The molecule has 3 heteroatoms. The Morgan fingerprint density at radius 2 is 1.93 bits per heavy atom. The third-order valence-corrected chi connectivity index (χ3v) is 2.43. The average Bonchev–Trinajstić information content (AvgIpc) is 2.12. The van der Waals surface area contributed by atoms with Crippen molar-refractivity contribution in [2.24, 2.45) is 5.41 Å². The van der Waals surface area contributed by atoms with Crippen molar-refractivity contribution in [3.8, 4) is 0 Å². The lowest BCUT2D eigenvalue weighted by molar-refractivity contribution is -0.121. The summed E-state index contributed by atoms with van der Waals surface area (Å²) in [6.45, 7) is 9.37. The first-order valence-corrected chi connectivity index (χ1v) is 5.79. The number of nitrogens with one attached hydrogen (secondary N) is 2. The highest BCUT2D eigenvalue weighted by Crippen LogP contribution is 2.21. The van der Waals surface area contributed by atoms with Crippen LogP contribution in [0, 0.1) is 5.41 Å². The molecule has 15 heavy (non-hydrogen) atoms. The van der Waals surface area contributed by atoms with Crippen LogP contribution in [0.1, 0.15) is 47.0 Å². The maximum Gasteiger partial charge on any atom is 0.220 e. The van der Waals surface area contributed by atoms with E-state index in [2.05, 4.69) is 38.3 Å². The van der Waals surface area contributed by atoms with E-state index < -0.39 is 0 Å². The molecule has 1 unspecified atom stereocenters. The van der Waals surface area contributed by atoms with E-state index in [4.69, 9.17) is 0 Å². The minimum absolute atomic E-state index is 0.168. The molecule has 0 saturated carbocycles. The normalized spacial score (nSPS) is 13.7. The smallest absolute Gasteiger partial charge is 0.220 e. The molecule has 0 heterocycles. The van der Waals surface area contributed by atoms with Gasteiger partial charge in [-0.05, 0) is 32.2 Å². The first-order chi connectivity index (χ1) is 6.85. The summed E-state index contributed by atoms with van der Waals surface area (Å²) >= 11 is 0. The van der Waals surface area contributed by atoms with E-state index in [1.54, 1.807) is 0 Å². The van der Waals surface area contributed by atoms with Crippen LogP contribution in [0.25, 0.3) is 0 Å². The first-order valence-electron chi connectivity index (χ1n) is 5.79. The lowest BCUT2D eigenvalue weighted by Gasteiger charge is -2.17. The van der Waals surface area contributed by atoms with Crippen molar-refractivity contribution in [1.82, 2.24) is 10.6 Å². The quantitative estimate of drug-likeness (QED) is 0.709.